The van der Waals surface area contributed by atoms with Crippen molar-refractivity contribution in [3.63, 3.8) is 0 Å². The summed E-state index contributed by atoms with van der Waals surface area (Å²) in [7, 11) is 0. The van der Waals surface area contributed by atoms with Crippen LogP contribution in [0.15, 0.2) is 24.3 Å². The first-order valence-corrected chi connectivity index (χ1v) is 6.12. The highest BCUT2D eigenvalue weighted by Crippen LogP contribution is 2.16. The quantitative estimate of drug-likeness (QED) is 0.809. The van der Waals surface area contributed by atoms with Crippen LogP contribution < -0.4 is 5.32 Å². The molecular weight excluding hydrogens is 230 g/mol. The molecular formula is C14H21NO3. The van der Waals surface area contributed by atoms with E-state index in [4.69, 9.17) is 4.74 Å². The van der Waals surface area contributed by atoms with Crippen molar-refractivity contribution < 1.29 is 14.6 Å². The van der Waals surface area contributed by atoms with Crippen LogP contribution in [-0.4, -0.2) is 23.3 Å². The molecule has 0 aliphatic heterocycles. The summed E-state index contributed by atoms with van der Waals surface area (Å²) in [5, 5.41) is 12.2. The zero-order valence-electron chi connectivity index (χ0n) is 11.2. The van der Waals surface area contributed by atoms with Gasteiger partial charge in [-0.15, -0.1) is 0 Å². The van der Waals surface area contributed by atoms with Crippen molar-refractivity contribution in [1.29, 1.82) is 0 Å². The number of carbonyl (C=O) groups is 1. The molecule has 18 heavy (non-hydrogen) atoms. The Hall–Kier alpha value is -1.71. The molecule has 2 N–H and O–H groups in total. The zero-order chi connectivity index (χ0) is 13.6. The Morgan fingerprint density at radius 1 is 1.33 bits per heavy atom. The van der Waals surface area contributed by atoms with Gasteiger partial charge in [0.15, 0.2) is 0 Å². The minimum atomic E-state index is -0.470. The molecule has 1 amide bonds. The molecule has 0 heterocycles. The van der Waals surface area contributed by atoms with Gasteiger partial charge in [-0.1, -0.05) is 18.2 Å². The van der Waals surface area contributed by atoms with Gasteiger partial charge in [-0.05, 0) is 45.2 Å². The number of hydrogen-bond donors (Lipinski definition) is 2. The van der Waals surface area contributed by atoms with Gasteiger partial charge in [0.2, 0.25) is 0 Å². The normalized spacial score (nSPS) is 11.1. The van der Waals surface area contributed by atoms with E-state index >= 15 is 0 Å². The second-order valence-corrected chi connectivity index (χ2v) is 5.16. The van der Waals surface area contributed by atoms with Crippen molar-refractivity contribution in [2.45, 2.75) is 39.2 Å². The van der Waals surface area contributed by atoms with E-state index in [1.165, 1.54) is 0 Å². The topological polar surface area (TPSA) is 58.6 Å². The number of nitrogens with one attached hydrogen (secondary N) is 1. The predicted molar refractivity (Wildman–Crippen MR) is 70.7 cm³/mol. The summed E-state index contributed by atoms with van der Waals surface area (Å²) < 4.78 is 5.11. The number of benzene rings is 1. The number of para-hydroxylation sites is 1. The third-order valence-electron chi connectivity index (χ3n) is 2.28. The Bertz CT molecular complexity index is 396. The SMILES string of the molecule is CC(C)(C)OC(=O)NCCCc1ccccc1O. The molecule has 0 fully saturated rings. The number of carbonyl (C=O) groups excluding carboxylic acids is 1. The molecule has 1 rings (SSSR count). The summed E-state index contributed by atoms with van der Waals surface area (Å²) in [4.78, 5) is 11.4. The van der Waals surface area contributed by atoms with Crippen molar-refractivity contribution in [1.82, 2.24) is 5.32 Å². The zero-order valence-corrected chi connectivity index (χ0v) is 11.2. The number of hydrogen-bond acceptors (Lipinski definition) is 3. The third kappa shape index (κ3) is 5.57. The summed E-state index contributed by atoms with van der Waals surface area (Å²) in [6.45, 7) is 6.01. The number of aryl methyl sites for hydroxylation is 1. The molecule has 1 aromatic rings. The van der Waals surface area contributed by atoms with Gasteiger partial charge >= 0.3 is 6.09 Å². The lowest BCUT2D eigenvalue weighted by atomic mass is 10.1. The van der Waals surface area contributed by atoms with Crippen LogP contribution in [0.1, 0.15) is 32.8 Å². The highest BCUT2D eigenvalue weighted by molar-refractivity contribution is 5.67. The van der Waals surface area contributed by atoms with E-state index in [1.807, 2.05) is 32.9 Å². The maximum Gasteiger partial charge on any atom is 0.407 e. The summed E-state index contributed by atoms with van der Waals surface area (Å²) >= 11 is 0. The van der Waals surface area contributed by atoms with Gasteiger partial charge in [-0.25, -0.2) is 4.79 Å². The van der Waals surface area contributed by atoms with E-state index in [1.54, 1.807) is 12.1 Å². The molecule has 0 aliphatic carbocycles. The van der Waals surface area contributed by atoms with Gasteiger partial charge in [-0.3, -0.25) is 0 Å². The van der Waals surface area contributed by atoms with Gasteiger partial charge < -0.3 is 15.2 Å². The first-order chi connectivity index (χ1) is 8.38. The average molecular weight is 251 g/mol. The maximum atomic E-state index is 11.4. The monoisotopic (exact) mass is 251 g/mol. The van der Waals surface area contributed by atoms with Crippen LogP contribution in [0.25, 0.3) is 0 Å². The molecule has 0 saturated carbocycles. The smallest absolute Gasteiger partial charge is 0.407 e. The predicted octanol–water partition coefficient (Wildman–Crippen LogP) is 2.85. The van der Waals surface area contributed by atoms with Crippen molar-refractivity contribution in [3.05, 3.63) is 29.8 Å². The minimum Gasteiger partial charge on any atom is -0.508 e. The summed E-state index contributed by atoms with van der Waals surface area (Å²) in [5.74, 6) is 0.301. The molecule has 4 heteroatoms. The van der Waals surface area contributed by atoms with Crippen molar-refractivity contribution in [2.24, 2.45) is 0 Å². The fraction of sp³-hybridized carbons (Fsp3) is 0.500. The van der Waals surface area contributed by atoms with E-state index < -0.39 is 11.7 Å². The van der Waals surface area contributed by atoms with Crippen LogP contribution >= 0.6 is 0 Å². The van der Waals surface area contributed by atoms with Gasteiger partial charge in [0.05, 0.1) is 0 Å². The van der Waals surface area contributed by atoms with Crippen LogP contribution in [-0.2, 0) is 11.2 Å². The Balaban J connectivity index is 2.23. The standard InChI is InChI=1S/C14H21NO3/c1-14(2,3)18-13(17)15-10-6-8-11-7-4-5-9-12(11)16/h4-5,7,9,16H,6,8,10H2,1-3H3,(H,15,17). The van der Waals surface area contributed by atoms with E-state index in [0.717, 1.165) is 18.4 Å². The average Bonchev–Trinajstić information content (AvgIpc) is 2.24. The van der Waals surface area contributed by atoms with Gasteiger partial charge in [-0.2, -0.15) is 0 Å². The first-order valence-electron chi connectivity index (χ1n) is 6.12. The van der Waals surface area contributed by atoms with Crippen LogP contribution in [0.5, 0.6) is 5.75 Å². The lowest BCUT2D eigenvalue weighted by Gasteiger charge is -2.19. The van der Waals surface area contributed by atoms with Crippen LogP contribution in [0.4, 0.5) is 4.79 Å². The summed E-state index contributed by atoms with van der Waals surface area (Å²) in [6.07, 6.45) is 1.08. The van der Waals surface area contributed by atoms with E-state index in [-0.39, 0.29) is 0 Å². The lowest BCUT2D eigenvalue weighted by molar-refractivity contribution is 0.0527. The lowest BCUT2D eigenvalue weighted by Crippen LogP contribution is -2.33. The molecule has 0 saturated heterocycles. The molecule has 0 unspecified atom stereocenters. The van der Waals surface area contributed by atoms with Crippen molar-refractivity contribution in [2.75, 3.05) is 6.54 Å². The number of phenols is 1. The third-order valence-corrected chi connectivity index (χ3v) is 2.28. The number of alkyl carbamates (subject to hydrolysis) is 1. The Morgan fingerprint density at radius 2 is 2.00 bits per heavy atom. The largest absolute Gasteiger partial charge is 0.508 e. The molecule has 0 aliphatic rings. The number of phenolic OH excluding ortho intramolecular Hbond substituents is 1. The highest BCUT2D eigenvalue weighted by atomic mass is 16.6. The van der Waals surface area contributed by atoms with E-state index in [9.17, 15) is 9.90 Å². The molecule has 4 nitrogen and oxygen atoms in total. The maximum absolute atomic E-state index is 11.4. The second kappa shape index (κ2) is 6.28. The second-order valence-electron chi connectivity index (χ2n) is 5.16. The number of aromatic hydroxyl groups is 1. The van der Waals surface area contributed by atoms with Crippen LogP contribution in [0.3, 0.4) is 0 Å². The number of ether oxygens (including phenoxy) is 1. The molecule has 1 aromatic carbocycles. The van der Waals surface area contributed by atoms with Crippen molar-refractivity contribution in [3.8, 4) is 5.75 Å². The molecule has 0 atom stereocenters. The Labute approximate surface area is 108 Å². The molecule has 0 radical (unpaired) electrons. The number of amides is 1. The van der Waals surface area contributed by atoms with E-state index in [2.05, 4.69) is 5.32 Å². The number of rotatable bonds is 4. The molecule has 0 aromatic heterocycles. The van der Waals surface area contributed by atoms with E-state index in [0.29, 0.717) is 12.3 Å². The molecule has 100 valence electrons. The Kier molecular flexibility index (Phi) is 5.01. The van der Waals surface area contributed by atoms with Crippen LogP contribution in [0, 0.1) is 0 Å². The fourth-order valence-electron chi connectivity index (χ4n) is 1.51. The fourth-order valence-corrected chi connectivity index (χ4v) is 1.51. The highest BCUT2D eigenvalue weighted by Gasteiger charge is 2.15. The Morgan fingerprint density at radius 3 is 2.61 bits per heavy atom. The summed E-state index contributed by atoms with van der Waals surface area (Å²) in [6, 6.07) is 7.22. The van der Waals surface area contributed by atoms with Gasteiger partial charge in [0, 0.05) is 6.54 Å². The van der Waals surface area contributed by atoms with Crippen LogP contribution in [0.2, 0.25) is 0 Å². The molecule has 0 spiro atoms. The van der Waals surface area contributed by atoms with Crippen molar-refractivity contribution >= 4 is 6.09 Å². The molecule has 0 bridgehead atoms. The summed E-state index contributed by atoms with van der Waals surface area (Å²) in [5.41, 5.74) is 0.422. The van der Waals surface area contributed by atoms with Gasteiger partial charge in [0.25, 0.3) is 0 Å². The van der Waals surface area contributed by atoms with Gasteiger partial charge in [0.1, 0.15) is 11.4 Å². The first kappa shape index (κ1) is 14.4. The minimum absolute atomic E-state index is 0.301.